The highest BCUT2D eigenvalue weighted by molar-refractivity contribution is 5.99. The van der Waals surface area contributed by atoms with E-state index in [2.05, 4.69) is 41.2 Å². The van der Waals surface area contributed by atoms with E-state index in [9.17, 15) is 38.4 Å². The molecule has 4 aliphatic heterocycles. The first-order chi connectivity index (χ1) is 39.7. The Hall–Kier alpha value is -7.64. The Kier molecular flexibility index (Phi) is 31.3. The fraction of sp³-hybridized carbons (Fsp3) is 0.569. The molecule has 8 heterocycles. The summed E-state index contributed by atoms with van der Waals surface area (Å²) in [5, 5.41) is 10.8. The molecule has 85 heavy (non-hydrogen) atoms. The molecule has 0 aromatic carbocycles. The van der Waals surface area contributed by atoms with E-state index in [1.807, 2.05) is 147 Å². The van der Waals surface area contributed by atoms with Crippen molar-refractivity contribution >= 4 is 70.1 Å². The van der Waals surface area contributed by atoms with Crippen molar-refractivity contribution in [2.24, 2.45) is 21.7 Å². The summed E-state index contributed by atoms with van der Waals surface area (Å²) in [7, 11) is 6.49. The van der Waals surface area contributed by atoms with Crippen molar-refractivity contribution in [2.75, 3.05) is 47.8 Å². The zero-order valence-electron chi connectivity index (χ0n) is 54.9. The molecule has 0 saturated carbocycles. The van der Waals surface area contributed by atoms with Crippen LogP contribution in [0.5, 0.6) is 0 Å². The molecule has 4 aromatic heterocycles. The smallest absolute Gasteiger partial charge is 0.228 e. The predicted octanol–water partition coefficient (Wildman–Crippen LogP) is 9.27. The summed E-state index contributed by atoms with van der Waals surface area (Å²) in [6, 6.07) is 10.3. The Morgan fingerprint density at radius 1 is 0.412 bits per heavy atom. The van der Waals surface area contributed by atoms with Crippen molar-refractivity contribution in [3.05, 3.63) is 96.0 Å². The lowest BCUT2D eigenvalue weighted by molar-refractivity contribution is -0.132. The molecule has 4 aromatic rings. The van der Waals surface area contributed by atoms with E-state index in [0.717, 1.165) is 39.4 Å². The minimum atomic E-state index is -0.665. The second-order valence-electron chi connectivity index (χ2n) is 20.9. The highest BCUT2D eigenvalue weighted by Crippen LogP contribution is 2.44. The van der Waals surface area contributed by atoms with E-state index in [-0.39, 0.29) is 78.9 Å². The van der Waals surface area contributed by atoms with Gasteiger partial charge in [0.05, 0.1) is 56.7 Å². The van der Waals surface area contributed by atoms with Gasteiger partial charge in [-0.2, -0.15) is 0 Å². The summed E-state index contributed by atoms with van der Waals surface area (Å²) in [5.41, 5.74) is 3.54. The highest BCUT2D eigenvalue weighted by atomic mass is 16.2. The van der Waals surface area contributed by atoms with Crippen LogP contribution in [0.3, 0.4) is 0 Å². The van der Waals surface area contributed by atoms with Gasteiger partial charge in [-0.15, -0.1) is 0 Å². The second kappa shape index (κ2) is 34.3. The number of nitrogens with zero attached hydrogens (tertiary/aromatic N) is 8. The molecule has 0 spiro atoms. The molecule has 472 valence electrons. The molecule has 8 atom stereocenters. The standard InChI is InChI=1S/4C14H19N3O2.4C2H6.CH4/c1-9-14(3,13(19)15-4)7-11-8-16-6-5-12(11)17(9)10(2)18;1-9-14(3,13(19)15-4)7-11-5-6-16-8-12(11)17(9)10(2)18;1-9-14(3,13(19)15-4)8-11-12(6-5-7-16-11)17(9)10(2)18;1-9-14(3,13(19)15-4)8-11-6-5-7-16-12(11)17(9)10(2)18;4*1-2;/h2*5-6,8-9H,7H2,1-4H3,(H,15,19);2*5-7,9H,8H2,1-4H3,(H,15,19);4*1-2H3;1H4. The number of anilines is 4. The van der Waals surface area contributed by atoms with E-state index < -0.39 is 21.7 Å². The molecule has 8 unspecified atom stereocenters. The molecule has 20 nitrogen and oxygen atoms in total. The number of fused-ring (bicyclic) bond motifs is 4. The van der Waals surface area contributed by atoms with E-state index in [1.54, 1.807) is 85.0 Å². The average Bonchev–Trinajstić information content (AvgIpc) is 1.32. The van der Waals surface area contributed by atoms with E-state index >= 15 is 0 Å². The number of nitrogens with one attached hydrogen (secondary N) is 4. The molecule has 0 radical (unpaired) electrons. The van der Waals surface area contributed by atoms with Crippen molar-refractivity contribution in [2.45, 2.75) is 196 Å². The topological polar surface area (TPSA) is 249 Å². The number of hydrogen-bond donors (Lipinski definition) is 4. The Bertz CT molecular complexity index is 2500. The number of carbonyl (C=O) groups excluding carboxylic acids is 8. The third kappa shape index (κ3) is 16.4. The number of rotatable bonds is 4. The molecule has 0 aliphatic carbocycles. The van der Waals surface area contributed by atoms with Gasteiger partial charge in [-0.25, -0.2) is 4.98 Å². The van der Waals surface area contributed by atoms with Gasteiger partial charge in [0.25, 0.3) is 0 Å². The van der Waals surface area contributed by atoms with Crippen molar-refractivity contribution in [3.63, 3.8) is 0 Å². The molecular formula is C65H104N12O8. The zero-order valence-corrected chi connectivity index (χ0v) is 54.9. The van der Waals surface area contributed by atoms with Crippen molar-refractivity contribution in [1.82, 2.24) is 41.2 Å². The van der Waals surface area contributed by atoms with Gasteiger partial charge in [-0.05, 0) is 122 Å². The monoisotopic (exact) mass is 1180 g/mol. The van der Waals surface area contributed by atoms with Crippen molar-refractivity contribution < 1.29 is 38.4 Å². The van der Waals surface area contributed by atoms with Gasteiger partial charge in [-0.1, -0.05) is 68.9 Å². The lowest BCUT2D eigenvalue weighted by Crippen LogP contribution is -2.57. The number of pyridine rings is 4. The molecule has 8 rings (SSSR count). The molecule has 8 amide bonds. The molecule has 20 heteroatoms. The summed E-state index contributed by atoms with van der Waals surface area (Å²) >= 11 is 0. The molecule has 4 N–H and O–H groups in total. The second-order valence-corrected chi connectivity index (χ2v) is 20.9. The number of aromatic nitrogens is 4. The molecule has 4 aliphatic rings. The van der Waals surface area contributed by atoms with Crippen LogP contribution in [0, 0.1) is 21.7 Å². The van der Waals surface area contributed by atoms with E-state index in [4.69, 9.17) is 0 Å². The molecule has 0 fully saturated rings. The highest BCUT2D eigenvalue weighted by Gasteiger charge is 2.51. The van der Waals surface area contributed by atoms with Gasteiger partial charge in [0.15, 0.2) is 0 Å². The minimum absolute atomic E-state index is 0. The third-order valence-corrected chi connectivity index (χ3v) is 16.3. The maximum atomic E-state index is 12.2. The Labute approximate surface area is 508 Å². The van der Waals surface area contributed by atoms with Gasteiger partial charge in [-0.3, -0.25) is 58.2 Å². The van der Waals surface area contributed by atoms with Crippen molar-refractivity contribution in [3.8, 4) is 0 Å². The summed E-state index contributed by atoms with van der Waals surface area (Å²) in [6.07, 6.45) is 12.5. The quantitative estimate of drug-likeness (QED) is 0.149. The number of hydrogen-bond acceptors (Lipinski definition) is 12. The van der Waals surface area contributed by atoms with Crippen LogP contribution < -0.4 is 40.9 Å². The Morgan fingerprint density at radius 2 is 0.753 bits per heavy atom. The fourth-order valence-electron chi connectivity index (χ4n) is 11.2. The number of carbonyl (C=O) groups is 8. The largest absolute Gasteiger partial charge is 0.359 e. The first-order valence-electron chi connectivity index (χ1n) is 29.5. The van der Waals surface area contributed by atoms with Crippen LogP contribution in [0.2, 0.25) is 0 Å². The summed E-state index contributed by atoms with van der Waals surface area (Å²) in [6.45, 7) is 37.3. The Morgan fingerprint density at radius 3 is 1.19 bits per heavy atom. The summed E-state index contributed by atoms with van der Waals surface area (Å²) < 4.78 is 0. The van der Waals surface area contributed by atoms with Crippen LogP contribution in [0.1, 0.15) is 168 Å². The average molecular weight is 1180 g/mol. The lowest BCUT2D eigenvalue weighted by atomic mass is 9.73. The first-order valence-corrected chi connectivity index (χ1v) is 29.5. The van der Waals surface area contributed by atoms with Gasteiger partial charge in [0.2, 0.25) is 47.3 Å². The first kappa shape index (κ1) is 77.4. The van der Waals surface area contributed by atoms with Crippen LogP contribution in [-0.4, -0.2) is 120 Å². The van der Waals surface area contributed by atoms with Crippen LogP contribution in [-0.2, 0) is 64.0 Å². The summed E-state index contributed by atoms with van der Waals surface area (Å²) in [5.74, 6) is 0.145. The fourth-order valence-corrected chi connectivity index (χ4v) is 11.2. The van der Waals surface area contributed by atoms with Gasteiger partial charge in [0.1, 0.15) is 5.82 Å². The number of amides is 8. The van der Waals surface area contributed by atoms with Crippen molar-refractivity contribution in [1.29, 1.82) is 0 Å². The normalized spacial score (nSPS) is 23.2. The summed E-state index contributed by atoms with van der Waals surface area (Å²) in [4.78, 5) is 120. The van der Waals surface area contributed by atoms with Gasteiger partial charge in [0, 0.05) is 111 Å². The van der Waals surface area contributed by atoms with Crippen LogP contribution in [0.25, 0.3) is 0 Å². The molecule has 0 saturated heterocycles. The minimum Gasteiger partial charge on any atom is -0.359 e. The zero-order chi connectivity index (χ0) is 64.8. The molecular weight excluding hydrogens is 1080 g/mol. The van der Waals surface area contributed by atoms with E-state index in [1.165, 1.54) is 27.7 Å². The van der Waals surface area contributed by atoms with Crippen LogP contribution in [0.15, 0.2) is 73.6 Å². The van der Waals surface area contributed by atoms with Gasteiger partial charge >= 0.3 is 0 Å². The maximum absolute atomic E-state index is 12.2. The van der Waals surface area contributed by atoms with Gasteiger partial charge < -0.3 is 36.0 Å². The van der Waals surface area contributed by atoms with Crippen LogP contribution in [0.4, 0.5) is 22.9 Å². The van der Waals surface area contributed by atoms with E-state index in [0.29, 0.717) is 31.5 Å². The lowest BCUT2D eigenvalue weighted by Gasteiger charge is -2.45. The predicted molar refractivity (Wildman–Crippen MR) is 343 cm³/mol. The third-order valence-electron chi connectivity index (χ3n) is 16.3. The Balaban J connectivity index is 0.00000106. The van der Waals surface area contributed by atoms with Crippen LogP contribution >= 0.6 is 0 Å². The maximum Gasteiger partial charge on any atom is 0.228 e. The molecule has 0 bridgehead atoms. The SMILES string of the molecule is C.CC.CC.CC.CC.CNC(=O)C1(C)Cc2cccnc2N(C(C)=O)C1C.CNC(=O)C1(C)Cc2ccncc2N(C(C)=O)C1C.CNC(=O)C1(C)Cc2cnccc2N(C(C)=O)C1C.CNC(=O)C1(C)Cc2ncccc2N(C(C)=O)C1C.